The van der Waals surface area contributed by atoms with Crippen LogP contribution in [-0.2, 0) is 17.9 Å². The van der Waals surface area contributed by atoms with E-state index in [0.29, 0.717) is 40.5 Å². The summed E-state index contributed by atoms with van der Waals surface area (Å²) in [6, 6.07) is 23.7. The molecule has 0 bridgehead atoms. The Labute approximate surface area is 204 Å². The van der Waals surface area contributed by atoms with Gasteiger partial charge in [-0.2, -0.15) is 0 Å². The van der Waals surface area contributed by atoms with E-state index in [9.17, 15) is 4.79 Å². The van der Waals surface area contributed by atoms with Gasteiger partial charge >= 0.3 is 0 Å². The maximum atomic E-state index is 13.0. The lowest BCUT2D eigenvalue weighted by Gasteiger charge is -2.14. The molecule has 3 aromatic rings. The fraction of sp³-hybridized carbons (Fsp3) is 0.185. The van der Waals surface area contributed by atoms with Crippen LogP contribution in [0, 0.1) is 6.92 Å². The second kappa shape index (κ2) is 10.7. The topological polar surface area (TPSA) is 38.8 Å². The van der Waals surface area contributed by atoms with Crippen molar-refractivity contribution in [1.82, 2.24) is 4.90 Å². The van der Waals surface area contributed by atoms with E-state index in [-0.39, 0.29) is 5.91 Å². The molecule has 6 heteroatoms. The molecule has 1 aliphatic heterocycles. The van der Waals surface area contributed by atoms with Crippen molar-refractivity contribution in [2.75, 3.05) is 6.61 Å². The molecule has 0 aliphatic carbocycles. The van der Waals surface area contributed by atoms with Crippen molar-refractivity contribution in [3.63, 3.8) is 0 Å². The van der Waals surface area contributed by atoms with Crippen molar-refractivity contribution in [1.29, 1.82) is 0 Å². The highest BCUT2D eigenvalue weighted by Gasteiger charge is 2.32. The fourth-order valence-electron chi connectivity index (χ4n) is 3.48. The van der Waals surface area contributed by atoms with Crippen LogP contribution in [0.2, 0.25) is 0 Å². The molecule has 33 heavy (non-hydrogen) atoms. The van der Waals surface area contributed by atoms with Crippen LogP contribution in [0.5, 0.6) is 11.5 Å². The number of ether oxygens (including phenoxy) is 2. The summed E-state index contributed by atoms with van der Waals surface area (Å²) in [6.45, 7) is 5.46. The summed E-state index contributed by atoms with van der Waals surface area (Å²) in [6.07, 6.45) is 1.86. The molecule has 0 saturated carbocycles. The van der Waals surface area contributed by atoms with Gasteiger partial charge in [-0.3, -0.25) is 9.69 Å². The smallest absolute Gasteiger partial charge is 0.266 e. The standard InChI is InChI=1S/C27H25NO3S2/c1-3-30-24-15-21(13-14-23(24)31-18-22-12-8-7-9-19(22)2)16-25-26(29)28(27(32)33-25)17-20-10-5-4-6-11-20/h4-16H,3,17-18H2,1-2H3/b25-16-. The molecular weight excluding hydrogens is 450 g/mol. The summed E-state index contributed by atoms with van der Waals surface area (Å²) in [5.74, 6) is 1.25. The van der Waals surface area contributed by atoms with E-state index in [4.69, 9.17) is 21.7 Å². The van der Waals surface area contributed by atoms with Crippen molar-refractivity contribution in [2.24, 2.45) is 0 Å². The van der Waals surface area contributed by atoms with Gasteiger partial charge in [-0.15, -0.1) is 0 Å². The van der Waals surface area contributed by atoms with E-state index >= 15 is 0 Å². The van der Waals surface area contributed by atoms with Crippen LogP contribution in [0.4, 0.5) is 0 Å². The van der Waals surface area contributed by atoms with E-state index in [1.807, 2.05) is 73.7 Å². The van der Waals surface area contributed by atoms with Crippen LogP contribution in [0.1, 0.15) is 29.2 Å². The first-order valence-electron chi connectivity index (χ1n) is 10.8. The van der Waals surface area contributed by atoms with Crippen molar-refractivity contribution in [3.05, 3.63) is 100.0 Å². The molecule has 0 N–H and O–H groups in total. The van der Waals surface area contributed by atoms with Crippen LogP contribution in [-0.4, -0.2) is 21.7 Å². The number of hydrogen-bond acceptors (Lipinski definition) is 5. The highest BCUT2D eigenvalue weighted by Crippen LogP contribution is 2.36. The van der Waals surface area contributed by atoms with Crippen LogP contribution in [0.25, 0.3) is 6.08 Å². The average molecular weight is 476 g/mol. The molecule has 168 valence electrons. The van der Waals surface area contributed by atoms with Crippen LogP contribution in [0.15, 0.2) is 77.7 Å². The molecule has 1 saturated heterocycles. The van der Waals surface area contributed by atoms with E-state index in [1.165, 1.54) is 17.3 Å². The maximum Gasteiger partial charge on any atom is 0.266 e. The Morgan fingerprint density at radius 3 is 2.48 bits per heavy atom. The quantitative estimate of drug-likeness (QED) is 0.279. The molecule has 3 aromatic carbocycles. The summed E-state index contributed by atoms with van der Waals surface area (Å²) in [5, 5.41) is 0. The summed E-state index contributed by atoms with van der Waals surface area (Å²) in [5.41, 5.74) is 4.22. The van der Waals surface area contributed by atoms with Crippen LogP contribution in [0.3, 0.4) is 0 Å². The second-order valence-electron chi connectivity index (χ2n) is 7.61. The predicted molar refractivity (Wildman–Crippen MR) is 138 cm³/mol. The van der Waals surface area contributed by atoms with E-state index in [0.717, 1.165) is 16.7 Å². The minimum absolute atomic E-state index is 0.0771. The van der Waals surface area contributed by atoms with Gasteiger partial charge in [0.15, 0.2) is 11.5 Å². The van der Waals surface area contributed by atoms with Gasteiger partial charge < -0.3 is 9.47 Å². The number of rotatable bonds is 8. The van der Waals surface area contributed by atoms with E-state index < -0.39 is 0 Å². The van der Waals surface area contributed by atoms with Gasteiger partial charge in [-0.25, -0.2) is 0 Å². The maximum absolute atomic E-state index is 13.0. The Bertz CT molecular complexity index is 1190. The third-order valence-electron chi connectivity index (χ3n) is 5.27. The summed E-state index contributed by atoms with van der Waals surface area (Å²) in [4.78, 5) is 15.2. The van der Waals surface area contributed by atoms with Crippen molar-refractivity contribution in [3.8, 4) is 11.5 Å². The normalized spacial score (nSPS) is 14.7. The first-order chi connectivity index (χ1) is 16.0. The Morgan fingerprint density at radius 2 is 1.73 bits per heavy atom. The molecule has 0 atom stereocenters. The summed E-state index contributed by atoms with van der Waals surface area (Å²) >= 11 is 6.80. The number of hydrogen-bond donors (Lipinski definition) is 0. The Hall–Kier alpha value is -3.09. The van der Waals surface area contributed by atoms with Gasteiger partial charge in [0.1, 0.15) is 10.9 Å². The molecular formula is C27H25NO3S2. The lowest BCUT2D eigenvalue weighted by Crippen LogP contribution is -2.27. The largest absolute Gasteiger partial charge is 0.490 e. The van der Waals surface area contributed by atoms with Gasteiger partial charge in [-0.05, 0) is 54.3 Å². The van der Waals surface area contributed by atoms with Crippen molar-refractivity contribution in [2.45, 2.75) is 27.0 Å². The molecule has 1 heterocycles. The molecule has 0 spiro atoms. The molecule has 4 nitrogen and oxygen atoms in total. The number of carbonyl (C=O) groups excluding carboxylic acids is 1. The number of carbonyl (C=O) groups is 1. The third kappa shape index (κ3) is 5.64. The molecule has 1 amide bonds. The minimum atomic E-state index is -0.0771. The fourth-order valence-corrected chi connectivity index (χ4v) is 4.74. The van der Waals surface area contributed by atoms with Crippen molar-refractivity contribution >= 4 is 40.3 Å². The molecule has 1 aliphatic rings. The molecule has 0 radical (unpaired) electrons. The zero-order valence-corrected chi connectivity index (χ0v) is 20.2. The SMILES string of the molecule is CCOc1cc(/C=C2\SC(=S)N(Cc3ccccc3)C2=O)ccc1OCc1ccccc1C. The lowest BCUT2D eigenvalue weighted by atomic mass is 10.1. The number of thiocarbonyl (C=S) groups is 1. The number of aryl methyl sites for hydroxylation is 1. The Morgan fingerprint density at radius 1 is 0.970 bits per heavy atom. The predicted octanol–water partition coefficient (Wildman–Crippen LogP) is 6.37. The van der Waals surface area contributed by atoms with Crippen LogP contribution < -0.4 is 9.47 Å². The monoisotopic (exact) mass is 475 g/mol. The Kier molecular flexibility index (Phi) is 7.47. The van der Waals surface area contributed by atoms with E-state index in [1.54, 1.807) is 4.90 Å². The zero-order chi connectivity index (χ0) is 23.2. The van der Waals surface area contributed by atoms with E-state index in [2.05, 4.69) is 19.1 Å². The van der Waals surface area contributed by atoms with Crippen LogP contribution >= 0.6 is 24.0 Å². The second-order valence-corrected chi connectivity index (χ2v) is 9.28. The number of amides is 1. The van der Waals surface area contributed by atoms with Gasteiger partial charge in [-0.1, -0.05) is 84.6 Å². The highest BCUT2D eigenvalue weighted by atomic mass is 32.2. The number of thioether (sulfide) groups is 1. The number of benzene rings is 3. The first-order valence-corrected chi connectivity index (χ1v) is 12.0. The summed E-state index contributed by atoms with van der Waals surface area (Å²) in [7, 11) is 0. The summed E-state index contributed by atoms with van der Waals surface area (Å²) < 4.78 is 12.5. The first kappa shape index (κ1) is 23.1. The molecule has 0 aromatic heterocycles. The lowest BCUT2D eigenvalue weighted by molar-refractivity contribution is -0.122. The Balaban J connectivity index is 1.51. The average Bonchev–Trinajstić information content (AvgIpc) is 3.08. The molecule has 1 fully saturated rings. The van der Waals surface area contributed by atoms with Gasteiger partial charge in [0.05, 0.1) is 18.1 Å². The molecule has 4 rings (SSSR count). The van der Waals surface area contributed by atoms with Gasteiger partial charge in [0.2, 0.25) is 0 Å². The third-order valence-corrected chi connectivity index (χ3v) is 6.64. The number of nitrogens with zero attached hydrogens (tertiary/aromatic N) is 1. The highest BCUT2D eigenvalue weighted by molar-refractivity contribution is 8.26. The van der Waals surface area contributed by atoms with Gasteiger partial charge in [0, 0.05) is 0 Å². The molecule has 0 unspecified atom stereocenters. The van der Waals surface area contributed by atoms with Crippen molar-refractivity contribution < 1.29 is 14.3 Å². The minimum Gasteiger partial charge on any atom is -0.490 e. The zero-order valence-electron chi connectivity index (χ0n) is 18.6. The van der Waals surface area contributed by atoms with Gasteiger partial charge in [0.25, 0.3) is 5.91 Å².